The molecule has 0 spiro atoms. The molecule has 0 fully saturated rings. The van der Waals surface area contributed by atoms with Crippen molar-refractivity contribution in [2.24, 2.45) is 0 Å². The van der Waals surface area contributed by atoms with Crippen LogP contribution < -0.4 is 0 Å². The van der Waals surface area contributed by atoms with Gasteiger partial charge in [-0.25, -0.2) is 0 Å². The average molecular weight is 196 g/mol. The fourth-order valence-corrected chi connectivity index (χ4v) is 0.461. The van der Waals surface area contributed by atoms with Gasteiger partial charge < -0.3 is 9.84 Å². The van der Waals surface area contributed by atoms with Crippen LogP contribution in [0.3, 0.4) is 0 Å². The number of rotatable bonds is 3. The molecule has 0 radical (unpaired) electrons. The zero-order chi connectivity index (χ0) is 7.28. The first-order valence-electron chi connectivity index (χ1n) is 3.00. The van der Waals surface area contributed by atoms with Gasteiger partial charge in [-0.3, -0.25) is 4.79 Å². The molecule has 0 aliphatic heterocycles. The second kappa shape index (κ2) is 12.1. The summed E-state index contributed by atoms with van der Waals surface area (Å²) < 4.78 is 4.55. The molecule has 0 aliphatic carbocycles. The normalized spacial score (nSPS) is 10.5. The van der Waals surface area contributed by atoms with Gasteiger partial charge in [0, 0.05) is 0 Å². The van der Waals surface area contributed by atoms with E-state index in [2.05, 4.69) is 4.74 Å². The monoisotopic (exact) mass is 196 g/mol. The van der Waals surface area contributed by atoms with Gasteiger partial charge >= 0.3 is 86.9 Å². The van der Waals surface area contributed by atoms with Crippen LogP contribution in [-0.2, 0) is 9.53 Å². The molecule has 0 rings (SSSR count). The molecule has 1 N–H and O–H groups in total. The molecule has 5 heteroatoms. The zero-order valence-electron chi connectivity index (χ0n) is 5.76. The summed E-state index contributed by atoms with van der Waals surface area (Å²) in [6.07, 6.45) is -0.502. The van der Waals surface area contributed by atoms with Crippen LogP contribution >= 0.6 is 0 Å². The molecule has 1 atom stereocenters. The first-order chi connectivity index (χ1) is 4.16. The second-order valence-electron chi connectivity index (χ2n) is 1.86. The number of carbonyl (C=O) groups is 1. The Labute approximate surface area is 132 Å². The van der Waals surface area contributed by atoms with Crippen molar-refractivity contribution in [3.8, 4) is 0 Å². The SMILES string of the molecule is CCOC(=O)CC(C)O.[KH].[NaH]. The molecule has 1 unspecified atom stereocenters. The van der Waals surface area contributed by atoms with Gasteiger partial charge in [-0.1, -0.05) is 0 Å². The molecule has 0 aromatic carbocycles. The number of esters is 1. The van der Waals surface area contributed by atoms with Gasteiger partial charge in [0.05, 0.1) is 19.1 Å². The topological polar surface area (TPSA) is 46.5 Å². The average Bonchev–Trinajstić information content (AvgIpc) is 1.63. The van der Waals surface area contributed by atoms with E-state index in [1.54, 1.807) is 13.8 Å². The summed E-state index contributed by atoms with van der Waals surface area (Å²) in [7, 11) is 0. The van der Waals surface area contributed by atoms with E-state index in [0.717, 1.165) is 0 Å². The van der Waals surface area contributed by atoms with Crippen molar-refractivity contribution >= 4 is 86.9 Å². The first kappa shape index (κ1) is 18.8. The van der Waals surface area contributed by atoms with E-state index in [9.17, 15) is 4.79 Å². The van der Waals surface area contributed by atoms with Gasteiger partial charge in [-0.2, -0.15) is 0 Å². The van der Waals surface area contributed by atoms with E-state index in [-0.39, 0.29) is 93.3 Å². The Kier molecular flexibility index (Phi) is 20.6. The molecule has 0 aliphatic rings. The first-order valence-corrected chi connectivity index (χ1v) is 3.00. The summed E-state index contributed by atoms with van der Waals surface area (Å²) in [6.45, 7) is 3.67. The molecular formula is C6H14KNaO3. The third kappa shape index (κ3) is 14.9. The molecule has 0 aromatic heterocycles. The summed E-state index contributed by atoms with van der Waals surface area (Å²) in [6, 6.07) is 0. The van der Waals surface area contributed by atoms with E-state index >= 15 is 0 Å². The Bertz CT molecular complexity index is 97.8. The molecule has 0 saturated carbocycles. The summed E-state index contributed by atoms with van der Waals surface area (Å²) in [5, 5.41) is 8.65. The van der Waals surface area contributed by atoms with Crippen LogP contribution in [0.5, 0.6) is 0 Å². The van der Waals surface area contributed by atoms with Crippen LogP contribution in [0.1, 0.15) is 20.3 Å². The maximum absolute atomic E-state index is 10.5. The Morgan fingerprint density at radius 1 is 1.64 bits per heavy atom. The molecule has 58 valence electrons. The van der Waals surface area contributed by atoms with Crippen molar-refractivity contribution in [2.75, 3.05) is 6.61 Å². The van der Waals surface area contributed by atoms with Crippen LogP contribution in [0.4, 0.5) is 0 Å². The van der Waals surface area contributed by atoms with Gasteiger partial charge in [0.25, 0.3) is 0 Å². The van der Waals surface area contributed by atoms with Crippen molar-refractivity contribution < 1.29 is 14.6 Å². The van der Waals surface area contributed by atoms with Crippen LogP contribution in [0.2, 0.25) is 0 Å². The van der Waals surface area contributed by atoms with Crippen molar-refractivity contribution in [3.63, 3.8) is 0 Å². The van der Waals surface area contributed by atoms with E-state index < -0.39 is 6.10 Å². The molecule has 0 bridgehead atoms. The fourth-order valence-electron chi connectivity index (χ4n) is 0.461. The summed E-state index contributed by atoms with van der Waals surface area (Å²) in [5.41, 5.74) is 0. The second-order valence-corrected chi connectivity index (χ2v) is 1.86. The number of aliphatic hydroxyl groups excluding tert-OH is 1. The molecule has 0 amide bonds. The third-order valence-corrected chi connectivity index (χ3v) is 0.767. The van der Waals surface area contributed by atoms with E-state index in [4.69, 9.17) is 5.11 Å². The third-order valence-electron chi connectivity index (χ3n) is 0.767. The predicted molar refractivity (Wildman–Crippen MR) is 47.2 cm³/mol. The fraction of sp³-hybridized carbons (Fsp3) is 0.833. The van der Waals surface area contributed by atoms with E-state index in [1.165, 1.54) is 0 Å². The Balaban J connectivity index is -0.000000320. The predicted octanol–water partition coefficient (Wildman–Crippen LogP) is -0.977. The molecule has 3 nitrogen and oxygen atoms in total. The molecule has 0 aromatic rings. The maximum atomic E-state index is 10.5. The van der Waals surface area contributed by atoms with Gasteiger partial charge in [0.2, 0.25) is 0 Å². The molecular weight excluding hydrogens is 182 g/mol. The summed E-state index contributed by atoms with van der Waals surface area (Å²) in [4.78, 5) is 10.5. The number of hydrogen-bond acceptors (Lipinski definition) is 3. The van der Waals surface area contributed by atoms with E-state index in [0.29, 0.717) is 6.61 Å². The van der Waals surface area contributed by atoms with Crippen LogP contribution in [0.25, 0.3) is 0 Å². The van der Waals surface area contributed by atoms with Gasteiger partial charge in [-0.15, -0.1) is 0 Å². The number of hydrogen-bond donors (Lipinski definition) is 1. The Hall–Kier alpha value is 2.07. The quantitative estimate of drug-likeness (QED) is 0.466. The van der Waals surface area contributed by atoms with Crippen LogP contribution in [0, 0.1) is 0 Å². The van der Waals surface area contributed by atoms with Crippen molar-refractivity contribution in [3.05, 3.63) is 0 Å². The number of carbonyl (C=O) groups excluding carboxylic acids is 1. The molecule has 0 saturated heterocycles. The van der Waals surface area contributed by atoms with Crippen molar-refractivity contribution in [1.29, 1.82) is 0 Å². The Morgan fingerprint density at radius 2 is 2.09 bits per heavy atom. The van der Waals surface area contributed by atoms with Crippen molar-refractivity contribution in [2.45, 2.75) is 26.4 Å². The number of ether oxygens (including phenoxy) is 1. The van der Waals surface area contributed by atoms with Crippen molar-refractivity contribution in [1.82, 2.24) is 0 Å². The van der Waals surface area contributed by atoms with E-state index in [1.807, 2.05) is 0 Å². The van der Waals surface area contributed by atoms with Crippen LogP contribution in [0.15, 0.2) is 0 Å². The number of aliphatic hydroxyl groups is 1. The summed E-state index contributed by atoms with van der Waals surface area (Å²) in [5.74, 6) is -0.340. The Morgan fingerprint density at radius 3 is 2.36 bits per heavy atom. The standard InChI is InChI=1S/C6H12O3.K.Na.2H/c1-3-9-6(8)4-5(2)7;;;;/h5,7H,3-4H2,1-2H3;;;;. The zero-order valence-corrected chi connectivity index (χ0v) is 5.76. The summed E-state index contributed by atoms with van der Waals surface area (Å²) >= 11 is 0. The molecule has 11 heavy (non-hydrogen) atoms. The van der Waals surface area contributed by atoms with Gasteiger partial charge in [0.1, 0.15) is 0 Å². The molecule has 0 heterocycles. The minimum absolute atomic E-state index is 0. The van der Waals surface area contributed by atoms with Crippen LogP contribution in [-0.4, -0.2) is 105 Å². The van der Waals surface area contributed by atoms with Gasteiger partial charge in [0.15, 0.2) is 0 Å². The van der Waals surface area contributed by atoms with Gasteiger partial charge in [-0.05, 0) is 13.8 Å². The minimum atomic E-state index is -0.593.